The van der Waals surface area contributed by atoms with E-state index in [1.807, 2.05) is 31.2 Å². The van der Waals surface area contributed by atoms with Crippen LogP contribution in [0, 0.1) is 18.3 Å². The van der Waals surface area contributed by atoms with E-state index in [1.54, 1.807) is 24.3 Å². The molecule has 0 bridgehead atoms. The van der Waals surface area contributed by atoms with Crippen molar-refractivity contribution >= 4 is 52.5 Å². The van der Waals surface area contributed by atoms with Crippen LogP contribution in [0.25, 0.3) is 0 Å². The molecule has 0 saturated heterocycles. The molecular weight excluding hydrogens is 438 g/mol. The van der Waals surface area contributed by atoms with Crippen LogP contribution < -0.4 is 10.2 Å². The van der Waals surface area contributed by atoms with Gasteiger partial charge in [-0.2, -0.15) is 5.26 Å². The molecule has 0 radical (unpaired) electrons. The zero-order chi connectivity index (χ0) is 22.4. The molecule has 9 heteroatoms. The van der Waals surface area contributed by atoms with Gasteiger partial charge in [0.2, 0.25) is 5.91 Å². The van der Waals surface area contributed by atoms with Crippen LogP contribution in [-0.4, -0.2) is 36.2 Å². The third-order valence-corrected chi connectivity index (χ3v) is 6.32. The SMILES string of the molecule is Cc1cc(N(CCC#N)C(=O)COC(=O)CC2Sc3ccccc3NC2=O)ccc1Cl. The molecule has 0 aliphatic carbocycles. The standard InChI is InChI=1S/C22H20ClN3O4S/c1-14-11-15(7-8-16(14)23)26(10-4-9-24)20(27)13-30-21(28)12-19-22(29)25-17-5-2-3-6-18(17)31-19/h2-3,5-8,11,19H,4,10,12-13H2,1H3,(H,25,29). The van der Waals surface area contributed by atoms with Gasteiger partial charge < -0.3 is 15.0 Å². The average molecular weight is 458 g/mol. The second kappa shape index (κ2) is 10.3. The highest BCUT2D eigenvalue weighted by atomic mass is 35.5. The minimum atomic E-state index is -0.645. The molecule has 1 aliphatic rings. The number of fused-ring (bicyclic) bond motifs is 1. The summed E-state index contributed by atoms with van der Waals surface area (Å²) in [5.41, 5.74) is 2.06. The van der Waals surface area contributed by atoms with Crippen LogP contribution >= 0.6 is 23.4 Å². The van der Waals surface area contributed by atoms with Gasteiger partial charge in [-0.1, -0.05) is 23.7 Å². The molecule has 1 aliphatic heterocycles. The maximum Gasteiger partial charge on any atom is 0.307 e. The fraction of sp³-hybridized carbons (Fsp3) is 0.273. The van der Waals surface area contributed by atoms with E-state index >= 15 is 0 Å². The molecular formula is C22H20ClN3O4S. The van der Waals surface area contributed by atoms with Crippen LogP contribution in [0.1, 0.15) is 18.4 Å². The number of nitrogens with zero attached hydrogens (tertiary/aromatic N) is 2. The Morgan fingerprint density at radius 3 is 2.81 bits per heavy atom. The van der Waals surface area contributed by atoms with Crippen molar-refractivity contribution in [1.29, 1.82) is 5.26 Å². The number of carbonyl (C=O) groups excluding carboxylic acids is 3. The summed E-state index contributed by atoms with van der Waals surface area (Å²) in [5, 5.41) is 11.6. The number of benzene rings is 2. The van der Waals surface area contributed by atoms with E-state index in [-0.39, 0.29) is 25.3 Å². The molecule has 2 aromatic carbocycles. The van der Waals surface area contributed by atoms with Crippen LogP contribution in [0.4, 0.5) is 11.4 Å². The van der Waals surface area contributed by atoms with Crippen molar-refractivity contribution in [3.63, 3.8) is 0 Å². The van der Waals surface area contributed by atoms with Gasteiger partial charge in [-0.05, 0) is 42.8 Å². The topological polar surface area (TPSA) is 99.5 Å². The van der Waals surface area contributed by atoms with E-state index in [4.69, 9.17) is 21.6 Å². The van der Waals surface area contributed by atoms with Gasteiger partial charge in [0.1, 0.15) is 0 Å². The summed E-state index contributed by atoms with van der Waals surface area (Å²) in [6.45, 7) is 1.48. The first-order chi connectivity index (χ1) is 14.9. The molecule has 1 N–H and O–H groups in total. The number of rotatable bonds is 7. The minimum Gasteiger partial charge on any atom is -0.456 e. The summed E-state index contributed by atoms with van der Waals surface area (Å²) < 4.78 is 5.15. The number of esters is 1. The molecule has 160 valence electrons. The number of anilines is 2. The monoisotopic (exact) mass is 457 g/mol. The number of carbonyl (C=O) groups is 3. The van der Waals surface area contributed by atoms with Crippen molar-refractivity contribution < 1.29 is 19.1 Å². The third-order valence-electron chi connectivity index (χ3n) is 4.62. The summed E-state index contributed by atoms with van der Waals surface area (Å²) in [4.78, 5) is 39.5. The summed E-state index contributed by atoms with van der Waals surface area (Å²) in [6, 6.07) is 14.4. The van der Waals surface area contributed by atoms with Crippen LogP contribution in [-0.2, 0) is 19.1 Å². The zero-order valence-corrected chi connectivity index (χ0v) is 18.3. The lowest BCUT2D eigenvalue weighted by atomic mass is 10.2. The van der Waals surface area contributed by atoms with Gasteiger partial charge in [-0.25, -0.2) is 0 Å². The molecule has 31 heavy (non-hydrogen) atoms. The number of thioether (sulfide) groups is 1. The maximum absolute atomic E-state index is 12.7. The Hall–Kier alpha value is -3.02. The normalized spacial score (nSPS) is 14.7. The van der Waals surface area contributed by atoms with Gasteiger partial charge in [-0.3, -0.25) is 14.4 Å². The lowest BCUT2D eigenvalue weighted by Crippen LogP contribution is -2.36. The Bertz CT molecular complexity index is 1050. The molecule has 7 nitrogen and oxygen atoms in total. The van der Waals surface area contributed by atoms with E-state index in [2.05, 4.69) is 5.32 Å². The molecule has 3 rings (SSSR count). The zero-order valence-electron chi connectivity index (χ0n) is 16.8. The van der Waals surface area contributed by atoms with E-state index < -0.39 is 23.7 Å². The predicted molar refractivity (Wildman–Crippen MR) is 119 cm³/mol. The number of halogens is 1. The predicted octanol–water partition coefficient (Wildman–Crippen LogP) is 3.94. The highest BCUT2D eigenvalue weighted by molar-refractivity contribution is 8.01. The smallest absolute Gasteiger partial charge is 0.307 e. The Balaban J connectivity index is 1.60. The number of nitrogens with one attached hydrogen (secondary N) is 1. The molecule has 0 fully saturated rings. The van der Waals surface area contributed by atoms with Crippen LogP contribution in [0.3, 0.4) is 0 Å². The second-order valence-electron chi connectivity index (χ2n) is 6.84. The molecule has 0 saturated carbocycles. The number of para-hydroxylation sites is 1. The van der Waals surface area contributed by atoms with Gasteiger partial charge in [0.15, 0.2) is 6.61 Å². The lowest BCUT2D eigenvalue weighted by Gasteiger charge is -2.24. The summed E-state index contributed by atoms with van der Waals surface area (Å²) in [5.74, 6) is -1.39. The van der Waals surface area contributed by atoms with E-state index in [1.165, 1.54) is 16.7 Å². The Kier molecular flexibility index (Phi) is 7.55. The second-order valence-corrected chi connectivity index (χ2v) is 8.50. The third kappa shape index (κ3) is 5.78. The maximum atomic E-state index is 12.7. The minimum absolute atomic E-state index is 0.125. The number of ether oxygens (including phenoxy) is 1. The van der Waals surface area contributed by atoms with Gasteiger partial charge in [0.25, 0.3) is 5.91 Å². The highest BCUT2D eigenvalue weighted by Gasteiger charge is 2.30. The van der Waals surface area contributed by atoms with Crippen molar-refractivity contribution in [2.24, 2.45) is 0 Å². The first-order valence-electron chi connectivity index (χ1n) is 9.54. The number of aryl methyl sites for hydroxylation is 1. The van der Waals surface area contributed by atoms with Crippen LogP contribution in [0.5, 0.6) is 0 Å². The van der Waals surface area contributed by atoms with Crippen LogP contribution in [0.2, 0.25) is 5.02 Å². The van der Waals surface area contributed by atoms with Gasteiger partial charge in [0.05, 0.1) is 29.8 Å². The van der Waals surface area contributed by atoms with Crippen molar-refractivity contribution in [2.75, 3.05) is 23.4 Å². The molecule has 2 aromatic rings. The molecule has 1 heterocycles. The first-order valence-corrected chi connectivity index (χ1v) is 10.8. The van der Waals surface area contributed by atoms with Crippen molar-refractivity contribution in [3.8, 4) is 6.07 Å². The van der Waals surface area contributed by atoms with Gasteiger partial charge in [0, 0.05) is 22.2 Å². The Labute approximate surface area is 189 Å². The summed E-state index contributed by atoms with van der Waals surface area (Å²) >= 11 is 7.34. The number of nitriles is 1. The molecule has 0 aromatic heterocycles. The van der Waals surface area contributed by atoms with Crippen molar-refractivity contribution in [1.82, 2.24) is 0 Å². The molecule has 0 spiro atoms. The summed E-state index contributed by atoms with van der Waals surface area (Å²) in [7, 11) is 0. The van der Waals surface area contributed by atoms with Crippen molar-refractivity contribution in [3.05, 3.63) is 53.1 Å². The lowest BCUT2D eigenvalue weighted by molar-refractivity contribution is -0.148. The van der Waals surface area contributed by atoms with Crippen molar-refractivity contribution in [2.45, 2.75) is 29.9 Å². The molecule has 1 atom stereocenters. The Morgan fingerprint density at radius 1 is 1.29 bits per heavy atom. The van der Waals surface area contributed by atoms with Gasteiger partial charge >= 0.3 is 5.97 Å². The van der Waals surface area contributed by atoms with Gasteiger partial charge in [-0.15, -0.1) is 11.8 Å². The number of hydrogen-bond donors (Lipinski definition) is 1. The average Bonchev–Trinajstić information content (AvgIpc) is 2.75. The number of amides is 2. The molecule has 2 amide bonds. The van der Waals surface area contributed by atoms with Crippen LogP contribution in [0.15, 0.2) is 47.4 Å². The Morgan fingerprint density at radius 2 is 2.06 bits per heavy atom. The first kappa shape index (κ1) is 22.7. The van der Waals surface area contributed by atoms with E-state index in [0.29, 0.717) is 16.4 Å². The quantitative estimate of drug-likeness (QED) is 0.632. The number of hydrogen-bond acceptors (Lipinski definition) is 6. The van der Waals surface area contributed by atoms with E-state index in [0.717, 1.165) is 10.5 Å². The summed E-state index contributed by atoms with van der Waals surface area (Å²) in [6.07, 6.45) is -0.0317. The highest BCUT2D eigenvalue weighted by Crippen LogP contribution is 2.36. The fourth-order valence-corrected chi connectivity index (χ4v) is 4.23. The largest absolute Gasteiger partial charge is 0.456 e. The fourth-order valence-electron chi connectivity index (χ4n) is 3.01. The molecule has 1 unspecified atom stereocenters. The van der Waals surface area contributed by atoms with E-state index in [9.17, 15) is 14.4 Å².